The number of anilines is 1. The Labute approximate surface area is 131 Å². The van der Waals surface area contributed by atoms with Crippen LogP contribution in [-0.4, -0.2) is 16.7 Å². The Morgan fingerprint density at radius 2 is 2.05 bits per heavy atom. The summed E-state index contributed by atoms with van der Waals surface area (Å²) in [6, 6.07) is 7.23. The SMILES string of the molecule is CC(=O)c1sc(NC(=O)/C=C/c2ccccc2Cl)nc1C. The second kappa shape index (κ2) is 6.65. The normalized spacial score (nSPS) is 10.8. The summed E-state index contributed by atoms with van der Waals surface area (Å²) in [6.07, 6.45) is 3.01. The fourth-order valence-corrected chi connectivity index (χ4v) is 2.76. The third-order valence-electron chi connectivity index (χ3n) is 2.67. The van der Waals surface area contributed by atoms with Crippen molar-refractivity contribution in [2.24, 2.45) is 0 Å². The molecule has 1 heterocycles. The van der Waals surface area contributed by atoms with Gasteiger partial charge in [-0.2, -0.15) is 0 Å². The smallest absolute Gasteiger partial charge is 0.250 e. The van der Waals surface area contributed by atoms with Gasteiger partial charge in [0.2, 0.25) is 5.91 Å². The predicted octanol–water partition coefficient (Wildman–Crippen LogP) is 3.96. The molecule has 108 valence electrons. The molecule has 0 fully saturated rings. The maximum atomic E-state index is 11.8. The summed E-state index contributed by atoms with van der Waals surface area (Å²) in [4.78, 5) is 27.9. The lowest BCUT2D eigenvalue weighted by Crippen LogP contribution is -2.07. The Bertz CT molecular complexity index is 722. The number of hydrogen-bond donors (Lipinski definition) is 1. The molecule has 4 nitrogen and oxygen atoms in total. The number of hydrogen-bond acceptors (Lipinski definition) is 4. The van der Waals surface area contributed by atoms with E-state index in [1.807, 2.05) is 18.2 Å². The topological polar surface area (TPSA) is 59.1 Å². The summed E-state index contributed by atoms with van der Waals surface area (Å²) in [6.45, 7) is 3.21. The van der Waals surface area contributed by atoms with E-state index in [2.05, 4.69) is 10.3 Å². The van der Waals surface area contributed by atoms with Crippen LogP contribution in [0.5, 0.6) is 0 Å². The first-order valence-corrected chi connectivity index (χ1v) is 7.39. The number of thiazole rings is 1. The molecule has 0 unspecified atom stereocenters. The van der Waals surface area contributed by atoms with Gasteiger partial charge in [-0.3, -0.25) is 14.9 Å². The van der Waals surface area contributed by atoms with Crippen molar-refractivity contribution in [2.45, 2.75) is 13.8 Å². The lowest BCUT2D eigenvalue weighted by Gasteiger charge is -1.97. The Kier molecular flexibility index (Phi) is 4.88. The van der Waals surface area contributed by atoms with E-state index in [0.717, 1.165) is 5.56 Å². The number of benzene rings is 1. The summed E-state index contributed by atoms with van der Waals surface area (Å²) in [5.74, 6) is -0.379. The van der Waals surface area contributed by atoms with Crippen molar-refractivity contribution < 1.29 is 9.59 Å². The summed E-state index contributed by atoms with van der Waals surface area (Å²) in [5.41, 5.74) is 1.38. The van der Waals surface area contributed by atoms with E-state index in [9.17, 15) is 9.59 Å². The zero-order valence-electron chi connectivity index (χ0n) is 11.5. The molecule has 0 bridgehead atoms. The number of nitrogens with one attached hydrogen (secondary N) is 1. The van der Waals surface area contributed by atoms with Gasteiger partial charge in [0.1, 0.15) is 0 Å². The highest BCUT2D eigenvalue weighted by molar-refractivity contribution is 7.17. The third kappa shape index (κ3) is 4.00. The van der Waals surface area contributed by atoms with E-state index in [1.54, 1.807) is 19.1 Å². The number of Topliss-reactive ketones (excluding diaryl/α,β-unsaturated/α-hetero) is 1. The van der Waals surface area contributed by atoms with Gasteiger partial charge in [-0.1, -0.05) is 41.1 Å². The molecule has 0 saturated carbocycles. The van der Waals surface area contributed by atoms with E-state index in [4.69, 9.17) is 11.6 Å². The van der Waals surface area contributed by atoms with Crippen LogP contribution in [0.25, 0.3) is 6.08 Å². The number of nitrogens with zero attached hydrogens (tertiary/aromatic N) is 1. The van der Waals surface area contributed by atoms with Crippen molar-refractivity contribution in [3.63, 3.8) is 0 Å². The molecule has 0 atom stereocenters. The maximum absolute atomic E-state index is 11.8. The minimum Gasteiger partial charge on any atom is -0.298 e. The van der Waals surface area contributed by atoms with Crippen LogP contribution in [-0.2, 0) is 4.79 Å². The fourth-order valence-electron chi connectivity index (χ4n) is 1.70. The molecule has 0 aliphatic rings. The molecule has 0 aliphatic carbocycles. The second-order valence-electron chi connectivity index (χ2n) is 4.33. The molecule has 0 radical (unpaired) electrons. The van der Waals surface area contributed by atoms with Crippen molar-refractivity contribution in [3.8, 4) is 0 Å². The Hall–Kier alpha value is -1.98. The minimum absolute atomic E-state index is 0.0582. The van der Waals surface area contributed by atoms with Crippen molar-refractivity contribution in [3.05, 3.63) is 51.5 Å². The highest BCUT2D eigenvalue weighted by atomic mass is 35.5. The average molecular weight is 321 g/mol. The summed E-state index contributed by atoms with van der Waals surface area (Å²) in [5, 5.41) is 3.62. The van der Waals surface area contributed by atoms with Crippen molar-refractivity contribution in [1.29, 1.82) is 0 Å². The monoisotopic (exact) mass is 320 g/mol. The van der Waals surface area contributed by atoms with Crippen LogP contribution in [0.15, 0.2) is 30.3 Å². The van der Waals surface area contributed by atoms with Crippen LogP contribution in [0, 0.1) is 6.92 Å². The van der Waals surface area contributed by atoms with Crippen LogP contribution in [0.1, 0.15) is 27.9 Å². The molecule has 1 aromatic heterocycles. The lowest BCUT2D eigenvalue weighted by atomic mass is 10.2. The van der Waals surface area contributed by atoms with Gasteiger partial charge in [0.15, 0.2) is 10.9 Å². The molecule has 1 amide bonds. The molecule has 2 rings (SSSR count). The molecule has 2 aromatic rings. The second-order valence-corrected chi connectivity index (χ2v) is 5.74. The lowest BCUT2D eigenvalue weighted by molar-refractivity contribution is -0.111. The number of carbonyl (C=O) groups excluding carboxylic acids is 2. The number of aryl methyl sites for hydroxylation is 1. The van der Waals surface area contributed by atoms with Gasteiger partial charge in [-0.15, -0.1) is 0 Å². The van der Waals surface area contributed by atoms with Crippen molar-refractivity contribution in [1.82, 2.24) is 4.98 Å². The van der Waals surface area contributed by atoms with Gasteiger partial charge in [-0.25, -0.2) is 4.98 Å². The molecule has 1 aromatic carbocycles. The summed E-state index contributed by atoms with van der Waals surface area (Å²) in [7, 11) is 0. The molecule has 1 N–H and O–H groups in total. The molecule has 21 heavy (non-hydrogen) atoms. The largest absolute Gasteiger partial charge is 0.298 e. The first-order valence-electron chi connectivity index (χ1n) is 6.19. The van der Waals surface area contributed by atoms with Gasteiger partial charge in [0, 0.05) is 18.0 Å². The minimum atomic E-state index is -0.321. The van der Waals surface area contributed by atoms with Crippen LogP contribution in [0.3, 0.4) is 0 Å². The zero-order valence-corrected chi connectivity index (χ0v) is 13.1. The van der Waals surface area contributed by atoms with E-state index >= 15 is 0 Å². The zero-order chi connectivity index (χ0) is 15.4. The van der Waals surface area contributed by atoms with E-state index in [-0.39, 0.29) is 11.7 Å². The highest BCUT2D eigenvalue weighted by Gasteiger charge is 2.12. The maximum Gasteiger partial charge on any atom is 0.250 e. The molecule has 6 heteroatoms. The first-order chi connectivity index (χ1) is 9.97. The third-order valence-corrected chi connectivity index (χ3v) is 4.18. The van der Waals surface area contributed by atoms with Gasteiger partial charge < -0.3 is 0 Å². The Balaban J connectivity index is 2.07. The average Bonchev–Trinajstić information content (AvgIpc) is 2.79. The predicted molar refractivity (Wildman–Crippen MR) is 86.0 cm³/mol. The molecule has 0 spiro atoms. The van der Waals surface area contributed by atoms with Gasteiger partial charge in [0.25, 0.3) is 0 Å². The van der Waals surface area contributed by atoms with Crippen molar-refractivity contribution in [2.75, 3.05) is 5.32 Å². The van der Waals surface area contributed by atoms with Gasteiger partial charge in [0.05, 0.1) is 10.6 Å². The first kappa shape index (κ1) is 15.4. The molecule has 0 aliphatic heterocycles. The van der Waals surface area contributed by atoms with Crippen LogP contribution >= 0.6 is 22.9 Å². The highest BCUT2D eigenvalue weighted by Crippen LogP contribution is 2.23. The van der Waals surface area contributed by atoms with Gasteiger partial charge >= 0.3 is 0 Å². The van der Waals surface area contributed by atoms with Crippen LogP contribution in [0.4, 0.5) is 5.13 Å². The van der Waals surface area contributed by atoms with Crippen LogP contribution < -0.4 is 5.32 Å². The number of amides is 1. The van der Waals surface area contributed by atoms with E-state index in [0.29, 0.717) is 20.7 Å². The van der Waals surface area contributed by atoms with Gasteiger partial charge in [-0.05, 0) is 24.6 Å². The van der Waals surface area contributed by atoms with Crippen LogP contribution in [0.2, 0.25) is 5.02 Å². The van der Waals surface area contributed by atoms with E-state index < -0.39 is 0 Å². The Morgan fingerprint density at radius 1 is 1.33 bits per heavy atom. The number of halogens is 1. The fraction of sp³-hybridized carbons (Fsp3) is 0.133. The summed E-state index contributed by atoms with van der Waals surface area (Å²) < 4.78 is 0. The molecule has 0 saturated heterocycles. The molecular formula is C15H13ClN2O2S. The quantitative estimate of drug-likeness (QED) is 0.685. The summed E-state index contributed by atoms with van der Waals surface area (Å²) >= 11 is 7.16. The number of carbonyl (C=O) groups is 2. The number of ketones is 1. The van der Waals surface area contributed by atoms with Crippen molar-refractivity contribution >= 4 is 45.8 Å². The molecular weight excluding hydrogens is 308 g/mol. The number of rotatable bonds is 4. The standard InChI is InChI=1S/C15H13ClN2O2S/c1-9-14(10(2)19)21-15(17-9)18-13(20)8-7-11-5-3-4-6-12(11)16/h3-8H,1-2H3,(H,17,18,20)/b8-7+. The Morgan fingerprint density at radius 3 is 2.67 bits per heavy atom. The number of aromatic nitrogens is 1. The van der Waals surface area contributed by atoms with E-state index in [1.165, 1.54) is 24.3 Å².